The van der Waals surface area contributed by atoms with E-state index in [2.05, 4.69) is 0 Å². The smallest absolute Gasteiger partial charge is 0.187 e. The highest BCUT2D eigenvalue weighted by Gasteiger charge is 2.49. The third-order valence-electron chi connectivity index (χ3n) is 3.70. The van der Waals surface area contributed by atoms with E-state index in [-0.39, 0.29) is 13.2 Å². The zero-order valence-corrected chi connectivity index (χ0v) is 11.7. The maximum Gasteiger partial charge on any atom is 0.187 e. The van der Waals surface area contributed by atoms with E-state index in [9.17, 15) is 9.50 Å². The highest BCUT2D eigenvalue weighted by Crippen LogP contribution is 2.30. The SMILES string of the molecule is CC1OC[C@H]2O[C@@H](OCc3ccccc3)[C@H](O)[C@@H](F)[C@@H]2O1. The van der Waals surface area contributed by atoms with Gasteiger partial charge in [0.15, 0.2) is 18.8 Å². The molecule has 0 bridgehead atoms. The van der Waals surface area contributed by atoms with E-state index >= 15 is 0 Å². The second-order valence-electron chi connectivity index (χ2n) is 5.28. The number of alkyl halides is 1. The van der Waals surface area contributed by atoms with Gasteiger partial charge in [0.05, 0.1) is 13.2 Å². The molecule has 2 saturated heterocycles. The largest absolute Gasteiger partial charge is 0.385 e. The molecule has 0 aliphatic carbocycles. The summed E-state index contributed by atoms with van der Waals surface area (Å²) in [7, 11) is 0. The summed E-state index contributed by atoms with van der Waals surface area (Å²) in [6.07, 6.45) is -5.85. The highest BCUT2D eigenvalue weighted by molar-refractivity contribution is 5.13. The molecule has 0 radical (unpaired) electrons. The molecule has 1 unspecified atom stereocenters. The Balaban J connectivity index is 1.61. The standard InChI is InChI=1S/C15H19FO5/c1-9-18-8-11-14(20-9)12(16)13(17)15(21-11)19-7-10-5-3-2-4-6-10/h2-6,9,11-15,17H,7-8H2,1H3/t9?,11-,12-,13-,14-,15-/m1/s1. The van der Waals surface area contributed by atoms with Crippen LogP contribution in [0.2, 0.25) is 0 Å². The van der Waals surface area contributed by atoms with Crippen LogP contribution in [0.3, 0.4) is 0 Å². The van der Waals surface area contributed by atoms with Crippen LogP contribution in [0.4, 0.5) is 4.39 Å². The van der Waals surface area contributed by atoms with Crippen LogP contribution in [0.15, 0.2) is 30.3 Å². The first-order chi connectivity index (χ1) is 10.1. The molecule has 0 spiro atoms. The molecular weight excluding hydrogens is 279 g/mol. The molecule has 1 N–H and O–H groups in total. The van der Waals surface area contributed by atoms with Crippen LogP contribution in [0, 0.1) is 0 Å². The van der Waals surface area contributed by atoms with Gasteiger partial charge in [-0.15, -0.1) is 0 Å². The van der Waals surface area contributed by atoms with E-state index in [0.717, 1.165) is 5.56 Å². The second kappa shape index (κ2) is 6.37. The molecule has 1 aromatic carbocycles. The van der Waals surface area contributed by atoms with E-state index in [4.69, 9.17) is 18.9 Å². The molecule has 0 saturated carbocycles. The maximum absolute atomic E-state index is 14.3. The van der Waals surface area contributed by atoms with Gasteiger partial charge in [-0.05, 0) is 12.5 Å². The van der Waals surface area contributed by atoms with Gasteiger partial charge >= 0.3 is 0 Å². The number of aliphatic hydroxyl groups excluding tert-OH is 1. The van der Waals surface area contributed by atoms with Crippen LogP contribution in [0.25, 0.3) is 0 Å². The lowest BCUT2D eigenvalue weighted by Crippen LogP contribution is -2.61. The van der Waals surface area contributed by atoms with Gasteiger partial charge in [-0.3, -0.25) is 0 Å². The Morgan fingerprint density at radius 1 is 1.29 bits per heavy atom. The van der Waals surface area contributed by atoms with Crippen LogP contribution in [0.1, 0.15) is 12.5 Å². The van der Waals surface area contributed by atoms with Crippen molar-refractivity contribution in [2.24, 2.45) is 0 Å². The van der Waals surface area contributed by atoms with Crippen molar-refractivity contribution in [3.05, 3.63) is 35.9 Å². The number of benzene rings is 1. The Kier molecular flexibility index (Phi) is 4.51. The van der Waals surface area contributed by atoms with Crippen molar-refractivity contribution >= 4 is 0 Å². The topological polar surface area (TPSA) is 57.2 Å². The maximum atomic E-state index is 14.3. The van der Waals surface area contributed by atoms with E-state index in [1.807, 2.05) is 30.3 Å². The molecule has 0 aromatic heterocycles. The third-order valence-corrected chi connectivity index (χ3v) is 3.70. The molecule has 1 aromatic rings. The van der Waals surface area contributed by atoms with Crippen molar-refractivity contribution in [1.82, 2.24) is 0 Å². The zero-order chi connectivity index (χ0) is 14.8. The Bertz CT molecular complexity index is 455. The molecule has 21 heavy (non-hydrogen) atoms. The minimum absolute atomic E-state index is 0.226. The lowest BCUT2D eigenvalue weighted by atomic mass is 9.99. The van der Waals surface area contributed by atoms with Gasteiger partial charge in [0.1, 0.15) is 18.3 Å². The average Bonchev–Trinajstić information content (AvgIpc) is 2.51. The Morgan fingerprint density at radius 2 is 2.05 bits per heavy atom. The predicted molar refractivity (Wildman–Crippen MR) is 71.1 cm³/mol. The van der Waals surface area contributed by atoms with E-state index < -0.39 is 37.1 Å². The van der Waals surface area contributed by atoms with Gasteiger partial charge in [-0.25, -0.2) is 4.39 Å². The van der Waals surface area contributed by atoms with Crippen LogP contribution in [0.5, 0.6) is 0 Å². The molecular formula is C15H19FO5. The molecule has 2 aliphatic rings. The Morgan fingerprint density at radius 3 is 2.81 bits per heavy atom. The molecule has 6 atom stereocenters. The summed E-state index contributed by atoms with van der Waals surface area (Å²) in [6, 6.07) is 9.44. The highest BCUT2D eigenvalue weighted by atomic mass is 19.1. The lowest BCUT2D eigenvalue weighted by molar-refractivity contribution is -0.349. The lowest BCUT2D eigenvalue weighted by Gasteiger charge is -2.44. The summed E-state index contributed by atoms with van der Waals surface area (Å²) in [5.74, 6) is 0. The monoisotopic (exact) mass is 298 g/mol. The quantitative estimate of drug-likeness (QED) is 0.914. The second-order valence-corrected chi connectivity index (χ2v) is 5.28. The summed E-state index contributed by atoms with van der Waals surface area (Å²) in [6.45, 7) is 2.16. The van der Waals surface area contributed by atoms with Crippen LogP contribution < -0.4 is 0 Å². The Hall–Kier alpha value is -1.05. The van der Waals surface area contributed by atoms with Gasteiger partial charge in [0.25, 0.3) is 0 Å². The number of aliphatic hydroxyl groups is 1. The number of hydrogen-bond acceptors (Lipinski definition) is 5. The molecule has 0 amide bonds. The first-order valence-electron chi connectivity index (χ1n) is 7.05. The molecule has 3 rings (SSSR count). The zero-order valence-electron chi connectivity index (χ0n) is 11.7. The summed E-state index contributed by atoms with van der Waals surface area (Å²) < 4.78 is 36.0. The molecule has 6 heteroatoms. The number of halogens is 1. The summed E-state index contributed by atoms with van der Waals surface area (Å²) in [5, 5.41) is 9.99. The predicted octanol–water partition coefficient (Wildman–Crippen LogP) is 1.39. The van der Waals surface area contributed by atoms with Crippen molar-refractivity contribution < 1.29 is 28.4 Å². The first kappa shape index (κ1) is 14.9. The van der Waals surface area contributed by atoms with Crippen molar-refractivity contribution in [3.8, 4) is 0 Å². The fraction of sp³-hybridized carbons (Fsp3) is 0.600. The molecule has 2 aliphatic heterocycles. The van der Waals surface area contributed by atoms with Gasteiger partial charge in [0, 0.05) is 0 Å². The van der Waals surface area contributed by atoms with Crippen molar-refractivity contribution in [1.29, 1.82) is 0 Å². The van der Waals surface area contributed by atoms with Crippen molar-refractivity contribution in [2.75, 3.05) is 6.61 Å². The molecule has 2 heterocycles. The number of hydrogen-bond donors (Lipinski definition) is 1. The summed E-state index contributed by atoms with van der Waals surface area (Å²) in [5.41, 5.74) is 0.926. The normalized spacial score (nSPS) is 39.8. The van der Waals surface area contributed by atoms with Crippen LogP contribution in [-0.2, 0) is 25.6 Å². The fourth-order valence-electron chi connectivity index (χ4n) is 2.56. The van der Waals surface area contributed by atoms with Gasteiger partial charge in [-0.2, -0.15) is 0 Å². The van der Waals surface area contributed by atoms with Gasteiger partial charge in [-0.1, -0.05) is 30.3 Å². The van der Waals surface area contributed by atoms with Crippen LogP contribution in [-0.4, -0.2) is 48.8 Å². The molecule has 2 fully saturated rings. The molecule has 5 nitrogen and oxygen atoms in total. The minimum atomic E-state index is -1.56. The van der Waals surface area contributed by atoms with Crippen molar-refractivity contribution in [3.63, 3.8) is 0 Å². The van der Waals surface area contributed by atoms with Gasteiger partial charge < -0.3 is 24.1 Å². The van der Waals surface area contributed by atoms with E-state index in [1.54, 1.807) is 6.92 Å². The Labute approximate surface area is 122 Å². The van der Waals surface area contributed by atoms with Gasteiger partial charge in [0.2, 0.25) is 0 Å². The minimum Gasteiger partial charge on any atom is -0.385 e. The summed E-state index contributed by atoms with van der Waals surface area (Å²) in [4.78, 5) is 0. The molecule has 116 valence electrons. The van der Waals surface area contributed by atoms with Crippen molar-refractivity contribution in [2.45, 2.75) is 50.6 Å². The number of ether oxygens (including phenoxy) is 4. The number of fused-ring (bicyclic) bond motifs is 1. The fourth-order valence-corrected chi connectivity index (χ4v) is 2.56. The van der Waals surface area contributed by atoms with Crippen LogP contribution >= 0.6 is 0 Å². The number of rotatable bonds is 3. The van der Waals surface area contributed by atoms with E-state index in [1.165, 1.54) is 0 Å². The van der Waals surface area contributed by atoms with E-state index in [0.29, 0.717) is 0 Å². The average molecular weight is 298 g/mol. The third kappa shape index (κ3) is 3.25. The summed E-state index contributed by atoms with van der Waals surface area (Å²) >= 11 is 0. The first-order valence-corrected chi connectivity index (χ1v) is 7.05.